The van der Waals surface area contributed by atoms with Gasteiger partial charge in [0, 0.05) is 26.7 Å². The second-order valence-corrected chi connectivity index (χ2v) is 4.51. The quantitative estimate of drug-likeness (QED) is 0.642. The van der Waals surface area contributed by atoms with Crippen molar-refractivity contribution in [1.29, 1.82) is 0 Å². The van der Waals surface area contributed by atoms with Gasteiger partial charge in [0.25, 0.3) is 0 Å². The fourth-order valence-electron chi connectivity index (χ4n) is 2.19. The van der Waals surface area contributed by atoms with Crippen molar-refractivity contribution in [2.45, 2.75) is 44.6 Å². The molecule has 0 aromatic heterocycles. The molecule has 4 nitrogen and oxygen atoms in total. The zero-order valence-electron chi connectivity index (χ0n) is 10.1. The highest BCUT2D eigenvalue weighted by atomic mass is 16.5. The minimum atomic E-state index is -0.367. The summed E-state index contributed by atoms with van der Waals surface area (Å²) in [6, 6.07) is 0. The molecule has 0 aliphatic heterocycles. The van der Waals surface area contributed by atoms with E-state index in [1.54, 1.807) is 7.11 Å². The molecule has 1 fully saturated rings. The third-order valence-electron chi connectivity index (χ3n) is 3.20. The van der Waals surface area contributed by atoms with Crippen LogP contribution < -0.4 is 5.32 Å². The van der Waals surface area contributed by atoms with Crippen LogP contribution in [0.4, 0.5) is 0 Å². The fourth-order valence-corrected chi connectivity index (χ4v) is 2.19. The summed E-state index contributed by atoms with van der Waals surface area (Å²) in [6.45, 7) is 1.01. The molecule has 0 bridgehead atoms. The summed E-state index contributed by atoms with van der Waals surface area (Å²) in [5, 5.41) is 12.6. The van der Waals surface area contributed by atoms with E-state index in [-0.39, 0.29) is 12.0 Å². The van der Waals surface area contributed by atoms with Gasteiger partial charge >= 0.3 is 0 Å². The van der Waals surface area contributed by atoms with Gasteiger partial charge in [-0.2, -0.15) is 0 Å². The maximum atomic E-state index is 11.4. The number of hydrogen-bond donors (Lipinski definition) is 2. The standard InChI is InChI=1S/C12H23NO3/c1-16-8-4-7-12(15)13-9-11(14)10-5-2-3-6-10/h10-11,14H,2-9H2,1H3,(H,13,15). The first-order valence-electron chi connectivity index (χ1n) is 6.17. The Morgan fingerprint density at radius 3 is 2.81 bits per heavy atom. The number of hydrogen-bond acceptors (Lipinski definition) is 3. The van der Waals surface area contributed by atoms with Crippen molar-refractivity contribution in [3.8, 4) is 0 Å². The molecule has 1 aliphatic carbocycles. The second-order valence-electron chi connectivity index (χ2n) is 4.51. The van der Waals surface area contributed by atoms with E-state index < -0.39 is 0 Å². The van der Waals surface area contributed by atoms with Gasteiger partial charge in [-0.3, -0.25) is 4.79 Å². The smallest absolute Gasteiger partial charge is 0.220 e. The molecule has 0 aromatic rings. The molecule has 0 saturated heterocycles. The number of aliphatic hydroxyl groups excluding tert-OH is 1. The summed E-state index contributed by atoms with van der Waals surface area (Å²) in [5.74, 6) is 0.397. The lowest BCUT2D eigenvalue weighted by Crippen LogP contribution is -2.35. The number of carbonyl (C=O) groups is 1. The molecular formula is C12H23NO3. The normalized spacial score (nSPS) is 18.6. The molecular weight excluding hydrogens is 206 g/mol. The van der Waals surface area contributed by atoms with Crippen molar-refractivity contribution in [3.63, 3.8) is 0 Å². The van der Waals surface area contributed by atoms with Crippen LogP contribution in [0.2, 0.25) is 0 Å². The predicted octanol–water partition coefficient (Wildman–Crippen LogP) is 1.08. The van der Waals surface area contributed by atoms with Gasteiger partial charge in [0.2, 0.25) is 5.91 Å². The van der Waals surface area contributed by atoms with Crippen LogP contribution >= 0.6 is 0 Å². The van der Waals surface area contributed by atoms with Crippen molar-refractivity contribution in [3.05, 3.63) is 0 Å². The number of carbonyl (C=O) groups excluding carboxylic acids is 1. The van der Waals surface area contributed by atoms with Crippen molar-refractivity contribution in [1.82, 2.24) is 5.32 Å². The highest BCUT2D eigenvalue weighted by molar-refractivity contribution is 5.75. The van der Waals surface area contributed by atoms with E-state index in [1.165, 1.54) is 12.8 Å². The van der Waals surface area contributed by atoms with E-state index in [4.69, 9.17) is 4.74 Å². The summed E-state index contributed by atoms with van der Waals surface area (Å²) >= 11 is 0. The average Bonchev–Trinajstić information content (AvgIpc) is 2.79. The zero-order chi connectivity index (χ0) is 11.8. The van der Waals surface area contributed by atoms with Crippen LogP contribution in [0.15, 0.2) is 0 Å². The molecule has 1 unspecified atom stereocenters. The molecule has 94 valence electrons. The summed E-state index contributed by atoms with van der Waals surface area (Å²) in [4.78, 5) is 11.4. The van der Waals surface area contributed by atoms with Gasteiger partial charge in [-0.15, -0.1) is 0 Å². The van der Waals surface area contributed by atoms with E-state index in [0.717, 1.165) is 19.3 Å². The van der Waals surface area contributed by atoms with Crippen LogP contribution in [0.3, 0.4) is 0 Å². The van der Waals surface area contributed by atoms with Crippen LogP contribution in [0, 0.1) is 5.92 Å². The molecule has 1 amide bonds. The lowest BCUT2D eigenvalue weighted by molar-refractivity contribution is -0.122. The Labute approximate surface area is 97.4 Å². The lowest BCUT2D eigenvalue weighted by atomic mass is 10.0. The monoisotopic (exact) mass is 229 g/mol. The first-order valence-corrected chi connectivity index (χ1v) is 6.17. The maximum absolute atomic E-state index is 11.4. The van der Waals surface area contributed by atoms with E-state index in [0.29, 0.717) is 25.5 Å². The molecule has 1 saturated carbocycles. The number of aliphatic hydroxyl groups is 1. The molecule has 0 aromatic carbocycles. The number of amides is 1. The van der Waals surface area contributed by atoms with Crippen LogP contribution in [0.1, 0.15) is 38.5 Å². The Bertz CT molecular complexity index is 202. The maximum Gasteiger partial charge on any atom is 0.220 e. The Kier molecular flexibility index (Phi) is 6.42. The molecule has 16 heavy (non-hydrogen) atoms. The summed E-state index contributed by atoms with van der Waals surface area (Å²) in [7, 11) is 1.63. The number of methoxy groups -OCH3 is 1. The fraction of sp³-hybridized carbons (Fsp3) is 0.917. The molecule has 0 radical (unpaired) electrons. The van der Waals surface area contributed by atoms with E-state index in [2.05, 4.69) is 5.32 Å². The Balaban J connectivity index is 2.06. The minimum absolute atomic E-state index is 0.00842. The average molecular weight is 229 g/mol. The molecule has 0 spiro atoms. The molecule has 0 heterocycles. The number of rotatable bonds is 7. The first-order chi connectivity index (χ1) is 7.74. The van der Waals surface area contributed by atoms with Gasteiger partial charge in [-0.1, -0.05) is 12.8 Å². The highest BCUT2D eigenvalue weighted by Gasteiger charge is 2.23. The number of nitrogens with one attached hydrogen (secondary N) is 1. The zero-order valence-corrected chi connectivity index (χ0v) is 10.1. The van der Waals surface area contributed by atoms with Crippen molar-refractivity contribution >= 4 is 5.91 Å². The Hall–Kier alpha value is -0.610. The van der Waals surface area contributed by atoms with Crippen molar-refractivity contribution in [2.75, 3.05) is 20.3 Å². The Morgan fingerprint density at radius 2 is 2.19 bits per heavy atom. The van der Waals surface area contributed by atoms with Gasteiger partial charge in [0.05, 0.1) is 6.10 Å². The van der Waals surface area contributed by atoms with Crippen molar-refractivity contribution in [2.24, 2.45) is 5.92 Å². The van der Waals surface area contributed by atoms with E-state index in [9.17, 15) is 9.90 Å². The lowest BCUT2D eigenvalue weighted by Gasteiger charge is -2.17. The predicted molar refractivity (Wildman–Crippen MR) is 62.1 cm³/mol. The SMILES string of the molecule is COCCCC(=O)NCC(O)C1CCCC1. The molecule has 1 atom stereocenters. The second kappa shape index (κ2) is 7.63. The van der Waals surface area contributed by atoms with E-state index in [1.807, 2.05) is 0 Å². The van der Waals surface area contributed by atoms with Crippen molar-refractivity contribution < 1.29 is 14.6 Å². The summed E-state index contributed by atoms with van der Waals surface area (Å²) < 4.78 is 4.87. The summed E-state index contributed by atoms with van der Waals surface area (Å²) in [6.07, 6.45) is 5.47. The van der Waals surface area contributed by atoms with Gasteiger partial charge < -0.3 is 15.2 Å². The third-order valence-corrected chi connectivity index (χ3v) is 3.20. The Morgan fingerprint density at radius 1 is 1.50 bits per heavy atom. The molecule has 4 heteroatoms. The van der Waals surface area contributed by atoms with Gasteiger partial charge in [0.1, 0.15) is 0 Å². The molecule has 1 aliphatic rings. The van der Waals surface area contributed by atoms with Crippen LogP contribution in [-0.2, 0) is 9.53 Å². The topological polar surface area (TPSA) is 58.6 Å². The number of ether oxygens (including phenoxy) is 1. The van der Waals surface area contributed by atoms with Gasteiger partial charge in [0.15, 0.2) is 0 Å². The van der Waals surface area contributed by atoms with Crippen LogP contribution in [0.25, 0.3) is 0 Å². The summed E-state index contributed by atoms with van der Waals surface area (Å²) in [5.41, 5.74) is 0. The van der Waals surface area contributed by atoms with Crippen LogP contribution in [0.5, 0.6) is 0 Å². The van der Waals surface area contributed by atoms with Gasteiger partial charge in [-0.05, 0) is 25.2 Å². The molecule has 2 N–H and O–H groups in total. The first kappa shape index (κ1) is 13.5. The van der Waals surface area contributed by atoms with Gasteiger partial charge in [-0.25, -0.2) is 0 Å². The highest BCUT2D eigenvalue weighted by Crippen LogP contribution is 2.27. The molecule has 1 rings (SSSR count). The van der Waals surface area contributed by atoms with Crippen LogP contribution in [-0.4, -0.2) is 37.4 Å². The minimum Gasteiger partial charge on any atom is -0.391 e. The largest absolute Gasteiger partial charge is 0.391 e. The third kappa shape index (κ3) is 4.94. The van der Waals surface area contributed by atoms with E-state index >= 15 is 0 Å².